The summed E-state index contributed by atoms with van der Waals surface area (Å²) in [4.78, 5) is 14.7. The molecule has 0 unspecified atom stereocenters. The number of aromatic nitrogens is 3. The van der Waals surface area contributed by atoms with E-state index in [1.807, 2.05) is 37.5 Å². The number of fused-ring (bicyclic) bond motifs is 1. The second-order valence-corrected chi connectivity index (χ2v) is 5.79. The SMILES string of the molecule is CCc1cnc(CNc2nc(NC)nc3ccccc23)s1. The molecule has 3 aromatic rings. The summed E-state index contributed by atoms with van der Waals surface area (Å²) in [6, 6.07) is 7.99. The molecule has 0 fully saturated rings. The van der Waals surface area contributed by atoms with Crippen LogP contribution < -0.4 is 10.6 Å². The summed E-state index contributed by atoms with van der Waals surface area (Å²) in [6.45, 7) is 2.82. The summed E-state index contributed by atoms with van der Waals surface area (Å²) in [5.74, 6) is 1.45. The van der Waals surface area contributed by atoms with Gasteiger partial charge >= 0.3 is 0 Å². The van der Waals surface area contributed by atoms with Crippen molar-refractivity contribution in [3.8, 4) is 0 Å². The summed E-state index contributed by atoms with van der Waals surface area (Å²) >= 11 is 1.73. The Morgan fingerprint density at radius 1 is 1.19 bits per heavy atom. The first kappa shape index (κ1) is 13.8. The molecule has 21 heavy (non-hydrogen) atoms. The van der Waals surface area contributed by atoms with Crippen LogP contribution in [0.15, 0.2) is 30.5 Å². The number of para-hydroxylation sites is 1. The molecule has 0 aliphatic heterocycles. The molecule has 2 N–H and O–H groups in total. The van der Waals surface area contributed by atoms with Crippen LogP contribution in [0, 0.1) is 0 Å². The maximum atomic E-state index is 4.50. The molecule has 0 aliphatic rings. The molecule has 6 heteroatoms. The molecule has 0 saturated carbocycles. The Labute approximate surface area is 127 Å². The minimum absolute atomic E-state index is 0.615. The predicted octanol–water partition coefficient (Wildman–Crippen LogP) is 3.30. The number of benzene rings is 1. The first-order chi connectivity index (χ1) is 10.3. The maximum absolute atomic E-state index is 4.50. The van der Waals surface area contributed by atoms with E-state index in [4.69, 9.17) is 0 Å². The van der Waals surface area contributed by atoms with Crippen molar-refractivity contribution in [1.82, 2.24) is 15.0 Å². The molecule has 0 spiro atoms. The van der Waals surface area contributed by atoms with Gasteiger partial charge in [-0.3, -0.25) is 0 Å². The Balaban J connectivity index is 1.88. The van der Waals surface area contributed by atoms with E-state index in [1.165, 1.54) is 4.88 Å². The van der Waals surface area contributed by atoms with Crippen LogP contribution in [-0.4, -0.2) is 22.0 Å². The van der Waals surface area contributed by atoms with Gasteiger partial charge in [-0.05, 0) is 18.6 Å². The van der Waals surface area contributed by atoms with Crippen LogP contribution in [0.1, 0.15) is 16.8 Å². The van der Waals surface area contributed by atoms with Gasteiger partial charge in [0.05, 0.1) is 12.1 Å². The van der Waals surface area contributed by atoms with Crippen LogP contribution in [0.2, 0.25) is 0 Å². The van der Waals surface area contributed by atoms with Crippen molar-refractivity contribution < 1.29 is 0 Å². The summed E-state index contributed by atoms with van der Waals surface area (Å²) in [6.07, 6.45) is 2.97. The third kappa shape index (κ3) is 2.95. The van der Waals surface area contributed by atoms with Crippen LogP contribution in [0.4, 0.5) is 11.8 Å². The predicted molar refractivity (Wildman–Crippen MR) is 87.9 cm³/mol. The fourth-order valence-electron chi connectivity index (χ4n) is 2.08. The topological polar surface area (TPSA) is 62.7 Å². The van der Waals surface area contributed by atoms with Crippen molar-refractivity contribution in [2.75, 3.05) is 17.7 Å². The molecule has 0 amide bonds. The number of rotatable bonds is 5. The second-order valence-electron chi connectivity index (χ2n) is 4.59. The highest BCUT2D eigenvalue weighted by Gasteiger charge is 2.07. The minimum atomic E-state index is 0.615. The highest BCUT2D eigenvalue weighted by Crippen LogP contribution is 2.23. The van der Waals surface area contributed by atoms with Crippen LogP contribution >= 0.6 is 11.3 Å². The summed E-state index contributed by atoms with van der Waals surface area (Å²) < 4.78 is 0. The maximum Gasteiger partial charge on any atom is 0.224 e. The van der Waals surface area contributed by atoms with Gasteiger partial charge in [0.15, 0.2) is 0 Å². The molecule has 108 valence electrons. The Kier molecular flexibility index (Phi) is 3.96. The Morgan fingerprint density at radius 2 is 2.05 bits per heavy atom. The van der Waals surface area contributed by atoms with E-state index in [0.29, 0.717) is 12.5 Å². The number of nitrogens with zero attached hydrogens (tertiary/aromatic N) is 3. The van der Waals surface area contributed by atoms with E-state index in [0.717, 1.165) is 28.1 Å². The van der Waals surface area contributed by atoms with E-state index in [1.54, 1.807) is 11.3 Å². The largest absolute Gasteiger partial charge is 0.363 e. The number of nitrogens with one attached hydrogen (secondary N) is 2. The Hall–Kier alpha value is -2.21. The van der Waals surface area contributed by atoms with E-state index < -0.39 is 0 Å². The zero-order chi connectivity index (χ0) is 14.7. The zero-order valence-electron chi connectivity index (χ0n) is 12.1. The zero-order valence-corrected chi connectivity index (χ0v) is 12.9. The lowest BCUT2D eigenvalue weighted by Crippen LogP contribution is -2.05. The standard InChI is InChI=1S/C15H17N5S/c1-3-10-8-17-13(21-10)9-18-14-11-6-4-5-7-12(11)19-15(16-2)20-14/h4-8H,3,9H2,1-2H3,(H2,16,18,19,20). The number of hydrogen-bond donors (Lipinski definition) is 2. The van der Waals surface area contributed by atoms with E-state index in [2.05, 4.69) is 32.5 Å². The van der Waals surface area contributed by atoms with Gasteiger partial charge in [-0.15, -0.1) is 11.3 Å². The van der Waals surface area contributed by atoms with Crippen molar-refractivity contribution in [1.29, 1.82) is 0 Å². The van der Waals surface area contributed by atoms with Gasteiger partial charge in [0.2, 0.25) is 5.95 Å². The summed E-state index contributed by atoms with van der Waals surface area (Å²) in [5, 5.41) is 8.46. The highest BCUT2D eigenvalue weighted by atomic mass is 32.1. The monoisotopic (exact) mass is 299 g/mol. The lowest BCUT2D eigenvalue weighted by Gasteiger charge is -2.09. The van der Waals surface area contributed by atoms with Gasteiger partial charge in [-0.2, -0.15) is 4.98 Å². The number of hydrogen-bond acceptors (Lipinski definition) is 6. The van der Waals surface area contributed by atoms with Gasteiger partial charge in [0, 0.05) is 23.5 Å². The van der Waals surface area contributed by atoms with Crippen molar-refractivity contribution in [2.24, 2.45) is 0 Å². The van der Waals surface area contributed by atoms with E-state index in [-0.39, 0.29) is 0 Å². The van der Waals surface area contributed by atoms with Crippen LogP contribution in [-0.2, 0) is 13.0 Å². The van der Waals surface area contributed by atoms with Crippen LogP contribution in [0.25, 0.3) is 10.9 Å². The molecular weight excluding hydrogens is 282 g/mol. The first-order valence-electron chi connectivity index (χ1n) is 6.92. The third-order valence-electron chi connectivity index (χ3n) is 3.18. The number of aryl methyl sites for hydroxylation is 1. The summed E-state index contributed by atoms with van der Waals surface area (Å²) in [5.41, 5.74) is 0.924. The Morgan fingerprint density at radius 3 is 2.81 bits per heavy atom. The van der Waals surface area contributed by atoms with E-state index in [9.17, 15) is 0 Å². The second kappa shape index (κ2) is 6.05. The number of thiazole rings is 1. The van der Waals surface area contributed by atoms with Gasteiger partial charge in [-0.1, -0.05) is 19.1 Å². The fourth-order valence-corrected chi connectivity index (χ4v) is 2.88. The van der Waals surface area contributed by atoms with Gasteiger partial charge in [-0.25, -0.2) is 9.97 Å². The quantitative estimate of drug-likeness (QED) is 0.757. The molecule has 0 aliphatic carbocycles. The third-order valence-corrected chi connectivity index (χ3v) is 4.33. The lowest BCUT2D eigenvalue weighted by atomic mass is 10.2. The smallest absolute Gasteiger partial charge is 0.224 e. The highest BCUT2D eigenvalue weighted by molar-refractivity contribution is 7.11. The molecule has 0 radical (unpaired) electrons. The molecular formula is C15H17N5S. The van der Waals surface area contributed by atoms with Crippen molar-refractivity contribution in [3.05, 3.63) is 40.3 Å². The van der Waals surface area contributed by atoms with Crippen LogP contribution in [0.3, 0.4) is 0 Å². The van der Waals surface area contributed by atoms with Crippen LogP contribution in [0.5, 0.6) is 0 Å². The van der Waals surface area contributed by atoms with Crippen molar-refractivity contribution in [2.45, 2.75) is 19.9 Å². The average molecular weight is 299 g/mol. The van der Waals surface area contributed by atoms with Gasteiger partial charge in [0.25, 0.3) is 0 Å². The van der Waals surface area contributed by atoms with Crippen molar-refractivity contribution in [3.63, 3.8) is 0 Å². The molecule has 5 nitrogen and oxygen atoms in total. The fraction of sp³-hybridized carbons (Fsp3) is 0.267. The molecule has 0 bridgehead atoms. The molecule has 2 heterocycles. The van der Waals surface area contributed by atoms with Gasteiger partial charge in [0.1, 0.15) is 10.8 Å². The normalized spacial score (nSPS) is 10.8. The Bertz CT molecular complexity index is 753. The first-order valence-corrected chi connectivity index (χ1v) is 7.73. The molecule has 2 aromatic heterocycles. The van der Waals surface area contributed by atoms with Gasteiger partial charge < -0.3 is 10.6 Å². The molecule has 0 saturated heterocycles. The summed E-state index contributed by atoms with van der Waals surface area (Å²) in [7, 11) is 1.82. The number of anilines is 2. The van der Waals surface area contributed by atoms with E-state index >= 15 is 0 Å². The van der Waals surface area contributed by atoms with Crippen molar-refractivity contribution >= 4 is 34.0 Å². The molecule has 1 aromatic carbocycles. The lowest BCUT2D eigenvalue weighted by molar-refractivity contribution is 1.07. The minimum Gasteiger partial charge on any atom is -0.363 e. The molecule has 0 atom stereocenters. The average Bonchev–Trinajstić information content (AvgIpc) is 3.00. The molecule has 3 rings (SSSR count).